The van der Waals surface area contributed by atoms with Gasteiger partial charge >= 0.3 is 0 Å². The summed E-state index contributed by atoms with van der Waals surface area (Å²) in [5.74, 6) is -0.0536. The summed E-state index contributed by atoms with van der Waals surface area (Å²) < 4.78 is 18.6. The fraction of sp³-hybridized carbons (Fsp3) is 0.500. The predicted octanol–water partition coefficient (Wildman–Crippen LogP) is 2.09. The lowest BCUT2D eigenvalue weighted by Crippen LogP contribution is -2.36. The molecule has 0 spiro atoms. The molecule has 4 nitrogen and oxygen atoms in total. The largest absolute Gasteiger partial charge is 0.483 e. The molecule has 2 N–H and O–H groups in total. The number of hydrogen-bond donors (Lipinski definition) is 1. The van der Waals surface area contributed by atoms with Crippen LogP contribution in [0.1, 0.15) is 32.4 Å². The average molecular weight is 268 g/mol. The molecule has 1 aromatic rings. The van der Waals surface area contributed by atoms with Gasteiger partial charge in [-0.25, -0.2) is 4.39 Å². The molecule has 0 saturated carbocycles. The van der Waals surface area contributed by atoms with Crippen LogP contribution >= 0.6 is 0 Å². The van der Waals surface area contributed by atoms with E-state index in [-0.39, 0.29) is 30.4 Å². The van der Waals surface area contributed by atoms with Crippen molar-refractivity contribution in [3.8, 4) is 5.75 Å². The quantitative estimate of drug-likeness (QED) is 0.889. The summed E-state index contributed by atoms with van der Waals surface area (Å²) in [4.78, 5) is 13.4. The van der Waals surface area contributed by atoms with Gasteiger partial charge in [0.1, 0.15) is 11.6 Å². The number of ether oxygens (including phenoxy) is 1. The lowest BCUT2D eigenvalue weighted by Gasteiger charge is -2.22. The number of amides is 1. The number of benzene rings is 1. The van der Waals surface area contributed by atoms with Crippen molar-refractivity contribution in [2.45, 2.75) is 32.9 Å². The van der Waals surface area contributed by atoms with E-state index >= 15 is 0 Å². The van der Waals surface area contributed by atoms with Crippen molar-refractivity contribution < 1.29 is 13.9 Å². The Morgan fingerprint density at radius 3 is 2.58 bits per heavy atom. The van der Waals surface area contributed by atoms with Crippen LogP contribution in [0.15, 0.2) is 18.2 Å². The van der Waals surface area contributed by atoms with Gasteiger partial charge in [-0.3, -0.25) is 4.79 Å². The van der Waals surface area contributed by atoms with E-state index in [1.54, 1.807) is 18.9 Å². The zero-order valence-electron chi connectivity index (χ0n) is 11.8. The summed E-state index contributed by atoms with van der Waals surface area (Å²) in [6.45, 7) is 5.50. The first-order valence-corrected chi connectivity index (χ1v) is 6.26. The molecule has 1 aromatic carbocycles. The molecule has 0 aliphatic carbocycles. The molecule has 0 heterocycles. The Bertz CT molecular complexity index is 447. The number of likely N-dealkylation sites (N-methyl/N-ethyl adjacent to an activating group) is 1. The maximum Gasteiger partial charge on any atom is 0.260 e. The number of hydrogen-bond acceptors (Lipinski definition) is 3. The fourth-order valence-corrected chi connectivity index (χ4v) is 1.54. The number of rotatable bonds is 5. The summed E-state index contributed by atoms with van der Waals surface area (Å²) in [6, 6.07) is 3.87. The zero-order valence-corrected chi connectivity index (χ0v) is 11.8. The van der Waals surface area contributed by atoms with Crippen molar-refractivity contribution in [2.24, 2.45) is 5.73 Å². The van der Waals surface area contributed by atoms with Crippen LogP contribution in [0.4, 0.5) is 4.39 Å². The van der Waals surface area contributed by atoms with Gasteiger partial charge in [0.05, 0.1) is 0 Å². The van der Waals surface area contributed by atoms with Crippen molar-refractivity contribution in [1.29, 1.82) is 0 Å². The molecule has 1 rings (SSSR count). The van der Waals surface area contributed by atoms with Crippen molar-refractivity contribution in [3.05, 3.63) is 29.6 Å². The second-order valence-corrected chi connectivity index (χ2v) is 4.86. The first-order valence-electron chi connectivity index (χ1n) is 6.26. The topological polar surface area (TPSA) is 55.6 Å². The summed E-state index contributed by atoms with van der Waals surface area (Å²) in [5, 5.41) is 0. The Morgan fingerprint density at radius 1 is 1.42 bits per heavy atom. The molecule has 106 valence electrons. The van der Waals surface area contributed by atoms with E-state index in [2.05, 4.69) is 0 Å². The highest BCUT2D eigenvalue weighted by Crippen LogP contribution is 2.24. The summed E-state index contributed by atoms with van der Waals surface area (Å²) in [7, 11) is 1.72. The van der Waals surface area contributed by atoms with Gasteiger partial charge in [-0.2, -0.15) is 0 Å². The maximum atomic E-state index is 13.2. The summed E-state index contributed by atoms with van der Waals surface area (Å²) >= 11 is 0. The standard InChI is InChI=1S/C14H21FN2O2/c1-9(2)17(4)14(18)8-19-13-6-5-11(15)7-12(13)10(3)16/h5-7,9-10H,8,16H2,1-4H3. The average Bonchev–Trinajstić information content (AvgIpc) is 2.35. The molecule has 19 heavy (non-hydrogen) atoms. The molecule has 0 fully saturated rings. The van der Waals surface area contributed by atoms with Crippen LogP contribution in [0.3, 0.4) is 0 Å². The molecule has 0 aliphatic heterocycles. The molecule has 5 heteroatoms. The Kier molecular flexibility index (Phi) is 5.30. The van der Waals surface area contributed by atoms with Crippen LogP contribution in [0, 0.1) is 5.82 Å². The number of carbonyl (C=O) groups excluding carboxylic acids is 1. The van der Waals surface area contributed by atoms with Gasteiger partial charge < -0.3 is 15.4 Å². The molecule has 1 atom stereocenters. The number of nitrogens with zero attached hydrogens (tertiary/aromatic N) is 1. The molecular weight excluding hydrogens is 247 g/mol. The van der Waals surface area contributed by atoms with E-state index in [4.69, 9.17) is 10.5 Å². The third-order valence-corrected chi connectivity index (χ3v) is 2.98. The van der Waals surface area contributed by atoms with E-state index in [0.29, 0.717) is 11.3 Å². The Labute approximate surface area is 113 Å². The number of carbonyl (C=O) groups is 1. The molecule has 0 radical (unpaired) electrons. The van der Waals surface area contributed by atoms with Gasteiger partial charge in [0.25, 0.3) is 5.91 Å². The predicted molar refractivity (Wildman–Crippen MR) is 72.4 cm³/mol. The van der Waals surface area contributed by atoms with Crippen LogP contribution in [0.25, 0.3) is 0 Å². The normalized spacial score (nSPS) is 12.4. The van der Waals surface area contributed by atoms with E-state index in [1.165, 1.54) is 18.2 Å². The van der Waals surface area contributed by atoms with Crippen molar-refractivity contribution in [2.75, 3.05) is 13.7 Å². The maximum absolute atomic E-state index is 13.2. The highest BCUT2D eigenvalue weighted by atomic mass is 19.1. The Hall–Kier alpha value is -1.62. The van der Waals surface area contributed by atoms with Gasteiger partial charge in [0.2, 0.25) is 0 Å². The van der Waals surface area contributed by atoms with Crippen LogP contribution in [0.5, 0.6) is 5.75 Å². The van der Waals surface area contributed by atoms with Crippen LogP contribution in [0.2, 0.25) is 0 Å². The van der Waals surface area contributed by atoms with E-state index in [0.717, 1.165) is 0 Å². The first kappa shape index (κ1) is 15.4. The second kappa shape index (κ2) is 6.52. The minimum Gasteiger partial charge on any atom is -0.483 e. The summed E-state index contributed by atoms with van der Waals surface area (Å²) in [5.41, 5.74) is 6.31. The molecule has 0 bridgehead atoms. The van der Waals surface area contributed by atoms with Gasteiger partial charge in [-0.15, -0.1) is 0 Å². The number of nitrogens with two attached hydrogens (primary N) is 1. The van der Waals surface area contributed by atoms with Crippen molar-refractivity contribution in [3.63, 3.8) is 0 Å². The molecule has 0 saturated heterocycles. The first-order chi connectivity index (χ1) is 8.82. The fourth-order valence-electron chi connectivity index (χ4n) is 1.54. The third-order valence-electron chi connectivity index (χ3n) is 2.98. The van der Waals surface area contributed by atoms with E-state index in [1.807, 2.05) is 13.8 Å². The monoisotopic (exact) mass is 268 g/mol. The smallest absolute Gasteiger partial charge is 0.260 e. The van der Waals surface area contributed by atoms with Gasteiger partial charge in [0.15, 0.2) is 6.61 Å². The number of halogens is 1. The SMILES string of the molecule is CC(N)c1cc(F)ccc1OCC(=O)N(C)C(C)C. The van der Waals surface area contributed by atoms with Gasteiger partial charge in [-0.1, -0.05) is 0 Å². The van der Waals surface area contributed by atoms with Crippen LogP contribution < -0.4 is 10.5 Å². The second-order valence-electron chi connectivity index (χ2n) is 4.86. The lowest BCUT2D eigenvalue weighted by atomic mass is 10.1. The Balaban J connectivity index is 2.75. The van der Waals surface area contributed by atoms with E-state index < -0.39 is 0 Å². The minimum atomic E-state index is -0.370. The van der Waals surface area contributed by atoms with Crippen molar-refractivity contribution >= 4 is 5.91 Å². The summed E-state index contributed by atoms with van der Waals surface area (Å²) in [6.07, 6.45) is 0. The van der Waals surface area contributed by atoms with Crippen molar-refractivity contribution in [1.82, 2.24) is 4.90 Å². The zero-order chi connectivity index (χ0) is 14.6. The molecule has 0 aromatic heterocycles. The molecular formula is C14H21FN2O2. The highest BCUT2D eigenvalue weighted by molar-refractivity contribution is 5.77. The van der Waals surface area contributed by atoms with Gasteiger partial charge in [0, 0.05) is 24.7 Å². The molecule has 1 unspecified atom stereocenters. The van der Waals surface area contributed by atoms with Gasteiger partial charge in [-0.05, 0) is 39.0 Å². The van der Waals surface area contributed by atoms with E-state index in [9.17, 15) is 9.18 Å². The minimum absolute atomic E-state index is 0.0833. The van der Waals surface area contributed by atoms with Crippen LogP contribution in [-0.2, 0) is 4.79 Å². The highest BCUT2D eigenvalue weighted by Gasteiger charge is 2.15. The third kappa shape index (κ3) is 4.21. The molecule has 1 amide bonds. The molecule has 0 aliphatic rings. The lowest BCUT2D eigenvalue weighted by molar-refractivity contribution is -0.133. The Morgan fingerprint density at radius 2 is 2.05 bits per heavy atom. The van der Waals surface area contributed by atoms with Crippen LogP contribution in [-0.4, -0.2) is 30.5 Å².